The highest BCUT2D eigenvalue weighted by molar-refractivity contribution is 5.87. The van der Waals surface area contributed by atoms with Gasteiger partial charge in [0.25, 0.3) is 0 Å². The first-order valence-electron chi connectivity index (χ1n) is 3.34. The molecule has 12 heavy (non-hydrogen) atoms. The van der Waals surface area contributed by atoms with Crippen molar-refractivity contribution >= 4 is 12.1 Å². The van der Waals surface area contributed by atoms with Crippen molar-refractivity contribution in [3.8, 4) is 0 Å². The van der Waals surface area contributed by atoms with Crippen LogP contribution >= 0.6 is 0 Å². The zero-order valence-electron chi connectivity index (χ0n) is 6.43. The largest absolute Gasteiger partial charge is 0.307 e. The van der Waals surface area contributed by atoms with Crippen LogP contribution in [-0.2, 0) is 24.1 Å². The van der Waals surface area contributed by atoms with Crippen LogP contribution in [0.1, 0.15) is 6.92 Å². The highest BCUT2D eigenvalue weighted by atomic mass is 17.3. The molecule has 0 spiro atoms. The SMILES string of the molecule is CC(=O)/C=C/C1OOC(C=O)O1. The van der Waals surface area contributed by atoms with Gasteiger partial charge in [0.2, 0.25) is 12.6 Å². The fraction of sp³-hybridized carbons (Fsp3) is 0.429. The van der Waals surface area contributed by atoms with E-state index in [4.69, 9.17) is 4.74 Å². The molecular weight excluding hydrogens is 164 g/mol. The lowest BCUT2D eigenvalue weighted by Gasteiger charge is -1.96. The molecule has 1 aliphatic rings. The second-order valence-electron chi connectivity index (χ2n) is 2.17. The molecule has 1 heterocycles. The fourth-order valence-corrected chi connectivity index (χ4v) is 0.633. The van der Waals surface area contributed by atoms with Crippen LogP contribution in [0.5, 0.6) is 0 Å². The van der Waals surface area contributed by atoms with Crippen LogP contribution in [0.15, 0.2) is 12.2 Å². The van der Waals surface area contributed by atoms with E-state index in [9.17, 15) is 9.59 Å². The molecule has 1 aliphatic heterocycles. The first-order valence-corrected chi connectivity index (χ1v) is 3.34. The molecule has 0 saturated carbocycles. The Hall–Kier alpha value is -1.04. The highest BCUT2D eigenvalue weighted by Gasteiger charge is 2.24. The predicted molar refractivity (Wildman–Crippen MR) is 36.7 cm³/mol. The Labute approximate surface area is 68.8 Å². The number of hydrogen-bond donors (Lipinski definition) is 0. The summed E-state index contributed by atoms with van der Waals surface area (Å²) in [6.45, 7) is 1.39. The average Bonchev–Trinajstić information content (AvgIpc) is 2.48. The molecule has 0 bridgehead atoms. The summed E-state index contributed by atoms with van der Waals surface area (Å²) >= 11 is 0. The number of allylic oxidation sites excluding steroid dienone is 1. The number of carbonyl (C=O) groups is 2. The molecule has 0 aromatic rings. The molecule has 2 atom stereocenters. The van der Waals surface area contributed by atoms with E-state index >= 15 is 0 Å². The number of hydrogen-bond acceptors (Lipinski definition) is 5. The van der Waals surface area contributed by atoms with Gasteiger partial charge in [-0.2, -0.15) is 9.78 Å². The summed E-state index contributed by atoms with van der Waals surface area (Å²) in [5.74, 6) is -0.128. The van der Waals surface area contributed by atoms with E-state index in [1.165, 1.54) is 19.1 Å². The Balaban J connectivity index is 2.37. The van der Waals surface area contributed by atoms with E-state index in [0.29, 0.717) is 6.29 Å². The number of rotatable bonds is 3. The van der Waals surface area contributed by atoms with Gasteiger partial charge >= 0.3 is 0 Å². The molecule has 1 saturated heterocycles. The average molecular weight is 172 g/mol. The standard InChI is InChI=1S/C7H8O5/c1-5(9)2-3-6-10-7(4-8)12-11-6/h2-4,6-7H,1H3/b3-2+. The Bertz CT molecular complexity index is 210. The molecule has 0 aliphatic carbocycles. The third-order valence-electron chi connectivity index (χ3n) is 1.11. The minimum atomic E-state index is -0.994. The van der Waals surface area contributed by atoms with Crippen LogP contribution in [-0.4, -0.2) is 24.6 Å². The molecule has 0 aromatic carbocycles. The van der Waals surface area contributed by atoms with E-state index in [0.717, 1.165) is 0 Å². The van der Waals surface area contributed by atoms with Crippen molar-refractivity contribution in [2.75, 3.05) is 0 Å². The second-order valence-corrected chi connectivity index (χ2v) is 2.17. The van der Waals surface area contributed by atoms with Gasteiger partial charge < -0.3 is 4.74 Å². The predicted octanol–water partition coefficient (Wildman–Crippen LogP) is -0.0389. The summed E-state index contributed by atoms with van der Waals surface area (Å²) in [5, 5.41) is 0. The van der Waals surface area contributed by atoms with Gasteiger partial charge in [0.05, 0.1) is 0 Å². The van der Waals surface area contributed by atoms with Gasteiger partial charge in [-0.1, -0.05) is 0 Å². The van der Waals surface area contributed by atoms with Crippen molar-refractivity contribution in [3.63, 3.8) is 0 Å². The summed E-state index contributed by atoms with van der Waals surface area (Å²) < 4.78 is 4.81. The lowest BCUT2D eigenvalue weighted by Crippen LogP contribution is -2.10. The zero-order chi connectivity index (χ0) is 8.97. The number of ketones is 1. The molecule has 0 amide bonds. The highest BCUT2D eigenvalue weighted by Crippen LogP contribution is 2.12. The molecule has 0 N–H and O–H groups in total. The van der Waals surface area contributed by atoms with Crippen LogP contribution in [0.2, 0.25) is 0 Å². The fourth-order valence-electron chi connectivity index (χ4n) is 0.633. The zero-order valence-corrected chi connectivity index (χ0v) is 6.43. The Morgan fingerprint density at radius 2 is 2.00 bits per heavy atom. The first-order chi connectivity index (χ1) is 5.72. The van der Waals surface area contributed by atoms with Gasteiger partial charge in [-0.3, -0.25) is 9.59 Å². The monoisotopic (exact) mass is 172 g/mol. The topological polar surface area (TPSA) is 61.8 Å². The summed E-state index contributed by atoms with van der Waals surface area (Å²) in [6.07, 6.45) is 1.34. The van der Waals surface area contributed by atoms with Crippen molar-refractivity contribution in [2.24, 2.45) is 0 Å². The lowest BCUT2D eigenvalue weighted by atomic mass is 10.4. The third-order valence-corrected chi connectivity index (χ3v) is 1.11. The molecule has 2 unspecified atom stereocenters. The Kier molecular flexibility index (Phi) is 3.09. The molecule has 5 heteroatoms. The molecular formula is C7H8O5. The number of aldehydes is 1. The van der Waals surface area contributed by atoms with Crippen molar-refractivity contribution in [1.82, 2.24) is 0 Å². The van der Waals surface area contributed by atoms with Crippen LogP contribution < -0.4 is 0 Å². The summed E-state index contributed by atoms with van der Waals surface area (Å²) in [6, 6.07) is 0. The molecule has 1 rings (SSSR count). The van der Waals surface area contributed by atoms with Crippen LogP contribution in [0.3, 0.4) is 0 Å². The van der Waals surface area contributed by atoms with Crippen LogP contribution in [0.25, 0.3) is 0 Å². The Morgan fingerprint density at radius 3 is 2.50 bits per heavy atom. The van der Waals surface area contributed by atoms with E-state index in [-0.39, 0.29) is 5.78 Å². The van der Waals surface area contributed by atoms with Crippen molar-refractivity contribution in [2.45, 2.75) is 19.5 Å². The second kappa shape index (κ2) is 4.10. The van der Waals surface area contributed by atoms with Gasteiger partial charge in [0.15, 0.2) is 12.1 Å². The Morgan fingerprint density at radius 1 is 1.33 bits per heavy atom. The van der Waals surface area contributed by atoms with Gasteiger partial charge in [0.1, 0.15) is 0 Å². The maximum atomic E-state index is 10.4. The van der Waals surface area contributed by atoms with Crippen molar-refractivity contribution < 1.29 is 24.1 Å². The molecule has 0 aromatic heterocycles. The summed E-state index contributed by atoms with van der Waals surface area (Å²) in [5.41, 5.74) is 0. The van der Waals surface area contributed by atoms with Gasteiger partial charge in [-0.05, 0) is 19.1 Å². The smallest absolute Gasteiger partial charge is 0.250 e. The molecule has 0 radical (unpaired) electrons. The van der Waals surface area contributed by atoms with Crippen molar-refractivity contribution in [3.05, 3.63) is 12.2 Å². The van der Waals surface area contributed by atoms with Crippen LogP contribution in [0.4, 0.5) is 0 Å². The van der Waals surface area contributed by atoms with Gasteiger partial charge in [-0.15, -0.1) is 0 Å². The van der Waals surface area contributed by atoms with Crippen LogP contribution in [0, 0.1) is 0 Å². The normalized spacial score (nSPS) is 29.4. The molecule has 66 valence electrons. The summed E-state index contributed by atoms with van der Waals surface area (Å²) in [7, 11) is 0. The number of carbonyl (C=O) groups excluding carboxylic acids is 2. The maximum Gasteiger partial charge on any atom is 0.250 e. The third kappa shape index (κ3) is 2.54. The van der Waals surface area contributed by atoms with Gasteiger partial charge in [0, 0.05) is 0 Å². The van der Waals surface area contributed by atoms with E-state index in [1.807, 2.05) is 0 Å². The maximum absolute atomic E-state index is 10.4. The molecule has 5 nitrogen and oxygen atoms in total. The summed E-state index contributed by atoms with van der Waals surface area (Å²) in [4.78, 5) is 29.4. The van der Waals surface area contributed by atoms with Crippen molar-refractivity contribution in [1.29, 1.82) is 0 Å². The van der Waals surface area contributed by atoms with E-state index < -0.39 is 12.6 Å². The minimum Gasteiger partial charge on any atom is -0.307 e. The van der Waals surface area contributed by atoms with Gasteiger partial charge in [-0.25, -0.2) is 0 Å². The minimum absolute atomic E-state index is 0.128. The first kappa shape index (κ1) is 9.05. The quantitative estimate of drug-likeness (QED) is 0.339. The van der Waals surface area contributed by atoms with E-state index in [1.54, 1.807) is 0 Å². The molecule has 1 fully saturated rings. The van der Waals surface area contributed by atoms with E-state index in [2.05, 4.69) is 9.78 Å². The lowest BCUT2D eigenvalue weighted by molar-refractivity contribution is -0.280. The number of ether oxygens (including phenoxy) is 1.